The van der Waals surface area contributed by atoms with Crippen LogP contribution >= 0.6 is 0 Å². The Kier molecular flexibility index (Phi) is 12.2. The number of fused-ring (bicyclic) bond motifs is 1. The molecule has 0 spiro atoms. The number of rotatable bonds is 14. The van der Waals surface area contributed by atoms with E-state index in [-0.39, 0.29) is 12.4 Å². The van der Waals surface area contributed by atoms with Crippen molar-refractivity contribution in [2.24, 2.45) is 0 Å². The third-order valence-corrected chi connectivity index (χ3v) is 5.76. The second kappa shape index (κ2) is 15.1. The highest BCUT2D eigenvalue weighted by Crippen LogP contribution is 2.39. The fraction of sp³-hybridized carbons (Fsp3) is 0.429. The largest absolute Gasteiger partial charge is 1.00 e. The lowest BCUT2D eigenvalue weighted by molar-refractivity contribution is -0.671. The number of aryl methyl sites for hydroxylation is 1. The molecule has 6 nitrogen and oxygen atoms in total. The molecule has 190 valence electrons. The van der Waals surface area contributed by atoms with Crippen LogP contribution in [0.2, 0.25) is 0 Å². The lowest BCUT2D eigenvalue weighted by Crippen LogP contribution is -3.00. The maximum Gasteiger partial charge on any atom is 0.338 e. The van der Waals surface area contributed by atoms with E-state index < -0.39 is 5.97 Å². The number of carbonyl (C=O) groups excluding carboxylic acids is 1. The molecule has 0 aliphatic heterocycles. The first-order valence-corrected chi connectivity index (χ1v) is 12.1. The number of hydrogen-bond acceptors (Lipinski definition) is 5. The summed E-state index contributed by atoms with van der Waals surface area (Å²) in [5.41, 5.74) is 1.59. The minimum Gasteiger partial charge on any atom is -1.00 e. The van der Waals surface area contributed by atoms with Crippen LogP contribution in [0.4, 0.5) is 0 Å². The number of pyridine rings is 1. The zero-order valence-electron chi connectivity index (χ0n) is 20.9. The second-order valence-electron chi connectivity index (χ2n) is 8.22. The van der Waals surface area contributed by atoms with Gasteiger partial charge >= 0.3 is 5.97 Å². The zero-order chi connectivity index (χ0) is 24.2. The van der Waals surface area contributed by atoms with Crippen molar-refractivity contribution in [3.63, 3.8) is 0 Å². The molecule has 1 aromatic heterocycles. The van der Waals surface area contributed by atoms with Gasteiger partial charge in [0.05, 0.1) is 33.0 Å². The molecule has 0 aliphatic carbocycles. The summed E-state index contributed by atoms with van der Waals surface area (Å²) in [5.74, 6) is 1.05. The van der Waals surface area contributed by atoms with Crippen molar-refractivity contribution in [3.8, 4) is 17.2 Å². The Morgan fingerprint density at radius 2 is 1.54 bits per heavy atom. The number of aromatic nitrogens is 1. The van der Waals surface area contributed by atoms with E-state index in [1.165, 1.54) is 23.7 Å². The number of halogens is 1. The van der Waals surface area contributed by atoms with Crippen LogP contribution in [-0.4, -0.2) is 33.4 Å². The van der Waals surface area contributed by atoms with Crippen molar-refractivity contribution in [1.29, 1.82) is 0 Å². The average Bonchev–Trinajstić information content (AvgIpc) is 2.88. The van der Waals surface area contributed by atoms with Crippen LogP contribution in [-0.2, 0) is 11.3 Å². The maximum absolute atomic E-state index is 12.7. The number of unbranched alkanes of at least 4 members (excludes halogenated alkanes) is 4. The number of esters is 1. The van der Waals surface area contributed by atoms with Crippen LogP contribution in [0.3, 0.4) is 0 Å². The monoisotopic (exact) mass is 501 g/mol. The zero-order valence-corrected chi connectivity index (χ0v) is 21.7. The average molecular weight is 502 g/mol. The molecule has 0 amide bonds. The number of para-hydroxylation sites is 1. The third-order valence-electron chi connectivity index (χ3n) is 5.76. The van der Waals surface area contributed by atoms with Crippen LogP contribution in [0.1, 0.15) is 55.8 Å². The van der Waals surface area contributed by atoms with Crippen LogP contribution in [0.25, 0.3) is 10.9 Å². The summed E-state index contributed by atoms with van der Waals surface area (Å²) in [6.07, 6.45) is 8.19. The van der Waals surface area contributed by atoms with Gasteiger partial charge in [-0.3, -0.25) is 0 Å². The molecule has 3 aromatic rings. The normalized spacial score (nSPS) is 10.5. The van der Waals surface area contributed by atoms with Gasteiger partial charge in [0.25, 0.3) is 0 Å². The van der Waals surface area contributed by atoms with Crippen molar-refractivity contribution in [2.75, 3.05) is 27.4 Å². The molecular weight excluding hydrogens is 466 g/mol. The summed E-state index contributed by atoms with van der Waals surface area (Å²) < 4.78 is 24.6. The molecule has 0 atom stereocenters. The number of ether oxygens (including phenoxy) is 4. The van der Waals surface area contributed by atoms with E-state index in [2.05, 4.69) is 42.0 Å². The summed E-state index contributed by atoms with van der Waals surface area (Å²) in [6, 6.07) is 15.8. The number of carbonyl (C=O) groups is 1. The van der Waals surface area contributed by atoms with Crippen LogP contribution in [0.15, 0.2) is 54.7 Å². The molecule has 7 heteroatoms. The van der Waals surface area contributed by atoms with Gasteiger partial charge in [0.15, 0.2) is 17.7 Å². The van der Waals surface area contributed by atoms with Crippen LogP contribution < -0.4 is 31.2 Å². The SMILES string of the molecule is CCCCCCOc1c(OC)cc(C(=O)OCCCC[n+]2cccc3ccccc32)cc1OC.[Cl-]. The summed E-state index contributed by atoms with van der Waals surface area (Å²) >= 11 is 0. The third kappa shape index (κ3) is 8.03. The molecule has 3 rings (SSSR count). The van der Waals surface area contributed by atoms with Gasteiger partial charge in [0.1, 0.15) is 6.54 Å². The van der Waals surface area contributed by atoms with E-state index in [1.54, 1.807) is 26.4 Å². The quantitative estimate of drug-likeness (QED) is 0.193. The fourth-order valence-electron chi connectivity index (χ4n) is 3.89. The molecule has 0 fully saturated rings. The van der Waals surface area contributed by atoms with E-state index in [9.17, 15) is 4.79 Å². The molecule has 0 saturated heterocycles. The van der Waals surface area contributed by atoms with Crippen LogP contribution in [0.5, 0.6) is 17.2 Å². The van der Waals surface area contributed by atoms with E-state index in [0.717, 1.165) is 32.2 Å². The van der Waals surface area contributed by atoms with Gasteiger partial charge in [-0.2, -0.15) is 4.57 Å². The Hall–Kier alpha value is -2.99. The number of benzene rings is 2. The number of nitrogens with zero attached hydrogens (tertiary/aromatic N) is 1. The minimum atomic E-state index is -0.399. The molecule has 0 saturated carbocycles. The number of hydrogen-bond donors (Lipinski definition) is 0. The van der Waals surface area contributed by atoms with E-state index >= 15 is 0 Å². The molecule has 0 bridgehead atoms. The predicted molar refractivity (Wildman–Crippen MR) is 133 cm³/mol. The Morgan fingerprint density at radius 3 is 2.26 bits per heavy atom. The van der Waals surface area contributed by atoms with Gasteiger partial charge in [0.2, 0.25) is 11.3 Å². The van der Waals surface area contributed by atoms with E-state index in [4.69, 9.17) is 18.9 Å². The Labute approximate surface area is 214 Å². The molecular formula is C28H36ClNO5. The van der Waals surface area contributed by atoms with Crippen molar-refractivity contribution in [3.05, 3.63) is 60.3 Å². The first-order valence-electron chi connectivity index (χ1n) is 12.1. The Morgan fingerprint density at radius 1 is 0.857 bits per heavy atom. The molecule has 0 unspecified atom stereocenters. The Bertz CT molecular complexity index is 1040. The molecule has 0 N–H and O–H groups in total. The van der Waals surface area contributed by atoms with Crippen molar-refractivity contribution in [1.82, 2.24) is 0 Å². The molecule has 2 aromatic carbocycles. The predicted octanol–water partition coefficient (Wildman–Crippen LogP) is 2.74. The fourth-order valence-corrected chi connectivity index (χ4v) is 3.89. The lowest BCUT2D eigenvalue weighted by atomic mass is 10.1. The molecule has 35 heavy (non-hydrogen) atoms. The lowest BCUT2D eigenvalue weighted by Gasteiger charge is -2.16. The summed E-state index contributed by atoms with van der Waals surface area (Å²) in [7, 11) is 3.11. The highest BCUT2D eigenvalue weighted by molar-refractivity contribution is 5.91. The van der Waals surface area contributed by atoms with Gasteiger partial charge < -0.3 is 31.4 Å². The first-order chi connectivity index (χ1) is 16.7. The van der Waals surface area contributed by atoms with Gasteiger partial charge in [-0.25, -0.2) is 4.79 Å². The van der Waals surface area contributed by atoms with Gasteiger partial charge in [-0.1, -0.05) is 38.3 Å². The van der Waals surface area contributed by atoms with Crippen molar-refractivity contribution < 1.29 is 40.7 Å². The topological polar surface area (TPSA) is 57.9 Å². The molecule has 0 radical (unpaired) electrons. The van der Waals surface area contributed by atoms with E-state index in [0.29, 0.717) is 36.0 Å². The smallest absolute Gasteiger partial charge is 0.338 e. The van der Waals surface area contributed by atoms with Gasteiger partial charge in [0, 0.05) is 23.9 Å². The van der Waals surface area contributed by atoms with Gasteiger partial charge in [-0.15, -0.1) is 0 Å². The van der Waals surface area contributed by atoms with Gasteiger partial charge in [-0.05, 0) is 37.1 Å². The Balaban J connectivity index is 0.00000432. The van der Waals surface area contributed by atoms with Crippen molar-refractivity contribution in [2.45, 2.75) is 52.0 Å². The first kappa shape index (κ1) is 28.2. The molecule has 1 heterocycles. The van der Waals surface area contributed by atoms with Crippen LogP contribution in [0, 0.1) is 0 Å². The summed E-state index contributed by atoms with van der Waals surface area (Å²) in [6.45, 7) is 3.97. The maximum atomic E-state index is 12.7. The summed E-state index contributed by atoms with van der Waals surface area (Å²) in [5, 5.41) is 1.22. The summed E-state index contributed by atoms with van der Waals surface area (Å²) in [4.78, 5) is 12.7. The minimum absolute atomic E-state index is 0. The van der Waals surface area contributed by atoms with Crippen molar-refractivity contribution >= 4 is 16.9 Å². The standard InChI is InChI=1S/C28H36NO5.ClH/c1-4-5-6-10-18-33-27-25(31-2)20-23(21-26(27)32-3)28(30)34-19-11-9-16-29-17-12-14-22-13-7-8-15-24(22)29;/h7-8,12-15,17,20-21H,4-6,9-11,16,18-19H2,1-3H3;1H/q+1;/p-1. The number of methoxy groups -OCH3 is 2. The highest BCUT2D eigenvalue weighted by Gasteiger charge is 2.18. The molecule has 0 aliphatic rings. The van der Waals surface area contributed by atoms with E-state index in [1.807, 2.05) is 12.1 Å². The highest BCUT2D eigenvalue weighted by atomic mass is 35.5. The second-order valence-corrected chi connectivity index (χ2v) is 8.22.